The quantitative estimate of drug-likeness (QED) is 0.371. The highest BCUT2D eigenvalue weighted by Crippen LogP contribution is 2.03. The van der Waals surface area contributed by atoms with E-state index in [4.69, 9.17) is 12.2 Å². The first-order valence-electron chi connectivity index (χ1n) is 5.39. The highest BCUT2D eigenvalue weighted by atomic mass is 32.1. The summed E-state index contributed by atoms with van der Waals surface area (Å²) in [5, 5.41) is 7.65. The first-order valence-corrected chi connectivity index (χ1v) is 5.80. The molecule has 0 amide bonds. The lowest BCUT2D eigenvalue weighted by Crippen LogP contribution is -2.32. The summed E-state index contributed by atoms with van der Waals surface area (Å²) in [6, 6.07) is 8.19. The van der Waals surface area contributed by atoms with E-state index >= 15 is 0 Å². The van der Waals surface area contributed by atoms with Crippen LogP contribution in [0.15, 0.2) is 42.0 Å². The molecule has 1 aromatic carbocycles. The predicted octanol–water partition coefficient (Wildman–Crippen LogP) is 2.37. The molecule has 0 saturated heterocycles. The number of hydrazone groups is 1. The van der Waals surface area contributed by atoms with Gasteiger partial charge in [-0.2, -0.15) is 5.10 Å². The maximum atomic E-state index is 5.03. The molecule has 0 fully saturated rings. The number of aryl methyl sites for hydroxylation is 1. The molecule has 0 aliphatic heterocycles. The number of rotatable bonds is 4. The number of nitrogens with one attached hydrogen (secondary N) is 2. The second-order valence-corrected chi connectivity index (χ2v) is 4.08. The first kappa shape index (κ1) is 13.4. The van der Waals surface area contributed by atoms with Crippen LogP contribution in [0.25, 0.3) is 0 Å². The Morgan fingerprint density at radius 3 is 2.65 bits per heavy atom. The van der Waals surface area contributed by atoms with Crippen LogP contribution in [-0.2, 0) is 0 Å². The van der Waals surface area contributed by atoms with Gasteiger partial charge < -0.3 is 5.32 Å². The fraction of sp³-hybridized carbons (Fsp3) is 0.231. The number of hydrogen-bond acceptors (Lipinski definition) is 2. The lowest BCUT2D eigenvalue weighted by Gasteiger charge is -2.06. The molecule has 90 valence electrons. The Bertz CT molecular complexity index is 421. The van der Waals surface area contributed by atoms with Crippen LogP contribution in [0, 0.1) is 6.92 Å². The minimum Gasteiger partial charge on any atom is -0.358 e. The normalized spacial score (nSPS) is 10.8. The average Bonchev–Trinajstić information content (AvgIpc) is 2.34. The van der Waals surface area contributed by atoms with Gasteiger partial charge in [-0.05, 0) is 31.6 Å². The Morgan fingerprint density at radius 2 is 2.06 bits per heavy atom. The van der Waals surface area contributed by atoms with Crippen LogP contribution in [-0.4, -0.2) is 17.4 Å². The van der Waals surface area contributed by atoms with E-state index in [1.807, 2.05) is 19.1 Å². The van der Waals surface area contributed by atoms with Crippen molar-refractivity contribution in [3.8, 4) is 0 Å². The molecule has 0 saturated carbocycles. The van der Waals surface area contributed by atoms with Gasteiger partial charge in [-0.25, -0.2) is 0 Å². The van der Waals surface area contributed by atoms with E-state index in [9.17, 15) is 0 Å². The zero-order chi connectivity index (χ0) is 12.7. The lowest BCUT2D eigenvalue weighted by molar-refractivity contribution is 0.936. The van der Waals surface area contributed by atoms with Gasteiger partial charge in [0.05, 0.1) is 5.71 Å². The lowest BCUT2D eigenvalue weighted by atomic mass is 10.1. The SMILES string of the molecule is C=CCNC(=S)N/N=C(\C)c1ccc(C)cc1. The number of thiocarbonyl (C=S) groups is 1. The Balaban J connectivity index is 2.57. The van der Waals surface area contributed by atoms with E-state index in [1.54, 1.807) is 6.08 Å². The topological polar surface area (TPSA) is 36.4 Å². The maximum Gasteiger partial charge on any atom is 0.187 e. The molecule has 2 N–H and O–H groups in total. The van der Waals surface area contributed by atoms with Crippen molar-refractivity contribution in [2.75, 3.05) is 6.54 Å². The fourth-order valence-corrected chi connectivity index (χ4v) is 1.33. The molecular weight excluding hydrogens is 230 g/mol. The Hall–Kier alpha value is -1.68. The van der Waals surface area contributed by atoms with Crippen molar-refractivity contribution in [3.05, 3.63) is 48.0 Å². The van der Waals surface area contributed by atoms with E-state index in [-0.39, 0.29) is 0 Å². The highest BCUT2D eigenvalue weighted by Gasteiger charge is 1.97. The Labute approximate surface area is 108 Å². The molecule has 0 bridgehead atoms. The molecule has 0 spiro atoms. The molecule has 0 atom stereocenters. The van der Waals surface area contributed by atoms with Crippen LogP contribution in [0.2, 0.25) is 0 Å². The molecule has 0 unspecified atom stereocenters. The summed E-state index contributed by atoms with van der Waals surface area (Å²) in [4.78, 5) is 0. The number of nitrogens with zero attached hydrogens (tertiary/aromatic N) is 1. The fourth-order valence-electron chi connectivity index (χ4n) is 1.20. The van der Waals surface area contributed by atoms with Crippen LogP contribution in [0.1, 0.15) is 18.1 Å². The molecule has 0 radical (unpaired) electrons. The van der Waals surface area contributed by atoms with Crippen molar-refractivity contribution in [1.82, 2.24) is 10.7 Å². The molecule has 0 heterocycles. The van der Waals surface area contributed by atoms with Crippen LogP contribution >= 0.6 is 12.2 Å². The van der Waals surface area contributed by atoms with Crippen LogP contribution in [0.4, 0.5) is 0 Å². The van der Waals surface area contributed by atoms with Crippen molar-refractivity contribution < 1.29 is 0 Å². The zero-order valence-electron chi connectivity index (χ0n) is 10.2. The van der Waals surface area contributed by atoms with Gasteiger partial charge in [-0.3, -0.25) is 5.43 Å². The van der Waals surface area contributed by atoms with Gasteiger partial charge >= 0.3 is 0 Å². The van der Waals surface area contributed by atoms with Crippen molar-refractivity contribution in [2.24, 2.45) is 5.10 Å². The minimum absolute atomic E-state index is 0.497. The van der Waals surface area contributed by atoms with Crippen LogP contribution in [0.5, 0.6) is 0 Å². The maximum absolute atomic E-state index is 5.03. The highest BCUT2D eigenvalue weighted by molar-refractivity contribution is 7.80. The van der Waals surface area contributed by atoms with Crippen molar-refractivity contribution in [2.45, 2.75) is 13.8 Å². The van der Waals surface area contributed by atoms with Gasteiger partial charge in [-0.15, -0.1) is 6.58 Å². The molecule has 3 nitrogen and oxygen atoms in total. The summed E-state index contributed by atoms with van der Waals surface area (Å²) in [6.45, 7) is 8.22. The number of hydrogen-bond donors (Lipinski definition) is 2. The summed E-state index contributed by atoms with van der Waals surface area (Å²) >= 11 is 5.03. The second kappa shape index (κ2) is 6.81. The Kier molecular flexibility index (Phi) is 5.36. The molecule has 1 rings (SSSR count). The smallest absolute Gasteiger partial charge is 0.187 e. The van der Waals surface area contributed by atoms with E-state index in [0.717, 1.165) is 11.3 Å². The largest absolute Gasteiger partial charge is 0.358 e. The molecule has 0 aromatic heterocycles. The molecule has 17 heavy (non-hydrogen) atoms. The predicted molar refractivity (Wildman–Crippen MR) is 77.3 cm³/mol. The summed E-state index contributed by atoms with van der Waals surface area (Å²) in [7, 11) is 0. The first-order chi connectivity index (χ1) is 8.13. The summed E-state index contributed by atoms with van der Waals surface area (Å²) in [5.74, 6) is 0. The van der Waals surface area contributed by atoms with E-state index in [0.29, 0.717) is 11.7 Å². The number of benzene rings is 1. The van der Waals surface area contributed by atoms with Gasteiger partial charge in [0.2, 0.25) is 0 Å². The van der Waals surface area contributed by atoms with E-state index in [1.165, 1.54) is 5.56 Å². The van der Waals surface area contributed by atoms with Gasteiger partial charge in [0.15, 0.2) is 5.11 Å². The minimum atomic E-state index is 0.497. The summed E-state index contributed by atoms with van der Waals surface area (Å²) in [6.07, 6.45) is 1.74. The molecule has 4 heteroatoms. The van der Waals surface area contributed by atoms with Gasteiger partial charge in [0.1, 0.15) is 0 Å². The van der Waals surface area contributed by atoms with Gasteiger partial charge in [0, 0.05) is 6.54 Å². The van der Waals surface area contributed by atoms with Crippen molar-refractivity contribution in [3.63, 3.8) is 0 Å². The molecule has 0 aliphatic rings. The van der Waals surface area contributed by atoms with Crippen molar-refractivity contribution >= 4 is 23.0 Å². The third kappa shape index (κ3) is 4.78. The standard InChI is InChI=1S/C13H17N3S/c1-4-9-14-13(17)16-15-11(3)12-7-5-10(2)6-8-12/h4-8H,1,9H2,2-3H3,(H2,14,16,17)/b15-11+. The summed E-state index contributed by atoms with van der Waals surface area (Å²) < 4.78 is 0. The van der Waals surface area contributed by atoms with Crippen molar-refractivity contribution in [1.29, 1.82) is 0 Å². The summed E-state index contributed by atoms with van der Waals surface area (Å²) in [5.41, 5.74) is 6.00. The molecule has 0 aliphatic carbocycles. The average molecular weight is 247 g/mol. The molecule has 1 aromatic rings. The van der Waals surface area contributed by atoms with E-state index in [2.05, 4.69) is 41.5 Å². The second-order valence-electron chi connectivity index (χ2n) is 3.67. The van der Waals surface area contributed by atoms with Gasteiger partial charge in [0.25, 0.3) is 0 Å². The van der Waals surface area contributed by atoms with Crippen LogP contribution < -0.4 is 10.7 Å². The molecular formula is C13H17N3S. The third-order valence-electron chi connectivity index (χ3n) is 2.20. The zero-order valence-corrected chi connectivity index (χ0v) is 11.0. The van der Waals surface area contributed by atoms with Crippen LogP contribution in [0.3, 0.4) is 0 Å². The van der Waals surface area contributed by atoms with E-state index < -0.39 is 0 Å². The Morgan fingerprint density at radius 1 is 1.41 bits per heavy atom. The monoisotopic (exact) mass is 247 g/mol. The third-order valence-corrected chi connectivity index (χ3v) is 2.44. The van der Waals surface area contributed by atoms with Gasteiger partial charge in [-0.1, -0.05) is 35.9 Å².